The number of nitrogens with zero attached hydrogens (tertiary/aromatic N) is 2. The highest BCUT2D eigenvalue weighted by atomic mass is 35.5. The van der Waals surface area contributed by atoms with Gasteiger partial charge in [-0.25, -0.2) is 0 Å². The topological polar surface area (TPSA) is 39.7 Å². The van der Waals surface area contributed by atoms with Crippen LogP contribution < -0.4 is 10.9 Å². The molecule has 0 spiro atoms. The van der Waals surface area contributed by atoms with Crippen molar-refractivity contribution in [1.82, 2.24) is 16.1 Å². The Labute approximate surface area is 70.8 Å². The highest BCUT2D eigenvalue weighted by Crippen LogP contribution is 1.99. The third-order valence-corrected chi connectivity index (χ3v) is 1.34. The van der Waals surface area contributed by atoms with Gasteiger partial charge in [0.05, 0.1) is 6.21 Å². The summed E-state index contributed by atoms with van der Waals surface area (Å²) in [6, 6.07) is 0. The summed E-state index contributed by atoms with van der Waals surface area (Å²) in [6.07, 6.45) is 4.36. The molecule has 1 rings (SSSR count). The van der Waals surface area contributed by atoms with Gasteiger partial charge < -0.3 is 0 Å². The van der Waals surface area contributed by atoms with E-state index in [1.807, 2.05) is 0 Å². The van der Waals surface area contributed by atoms with Gasteiger partial charge in [0.25, 0.3) is 0 Å². The summed E-state index contributed by atoms with van der Waals surface area (Å²) in [7, 11) is 0. The second kappa shape index (κ2) is 4.20. The Balaban J connectivity index is 2.28. The van der Waals surface area contributed by atoms with Gasteiger partial charge >= 0.3 is 0 Å². The minimum atomic E-state index is 0.559. The number of hydrogen-bond acceptors (Lipinski definition) is 4. The Morgan fingerprint density at radius 1 is 1.82 bits per heavy atom. The standard InChI is InChI=1S/C6H11ClN4/c1-2-4-8-11-9-5-3-6(7)10-11/h3,5,8,10H,2,4H2,1H3. The fourth-order valence-electron chi connectivity index (χ4n) is 0.631. The quantitative estimate of drug-likeness (QED) is 0.622. The van der Waals surface area contributed by atoms with E-state index in [9.17, 15) is 0 Å². The first-order chi connectivity index (χ1) is 5.33. The Morgan fingerprint density at radius 3 is 3.27 bits per heavy atom. The molecule has 0 aromatic carbocycles. The molecule has 0 amide bonds. The van der Waals surface area contributed by atoms with Crippen LogP contribution >= 0.6 is 11.6 Å². The maximum Gasteiger partial charge on any atom is 0.125 e. The zero-order valence-electron chi connectivity index (χ0n) is 6.34. The predicted octanol–water partition coefficient (Wildman–Crippen LogP) is 0.787. The van der Waals surface area contributed by atoms with E-state index in [2.05, 4.69) is 22.9 Å². The Kier molecular flexibility index (Phi) is 3.19. The van der Waals surface area contributed by atoms with Crippen molar-refractivity contribution in [2.45, 2.75) is 13.3 Å². The Bertz CT molecular complexity index is 177. The molecule has 0 fully saturated rings. The van der Waals surface area contributed by atoms with Gasteiger partial charge in [0.1, 0.15) is 5.16 Å². The van der Waals surface area contributed by atoms with Crippen LogP contribution in [-0.4, -0.2) is 18.0 Å². The van der Waals surface area contributed by atoms with Gasteiger partial charge in [0.15, 0.2) is 0 Å². The number of halogens is 1. The number of hydrazone groups is 1. The third kappa shape index (κ3) is 2.78. The molecule has 1 aliphatic rings. The molecule has 0 atom stereocenters. The van der Waals surface area contributed by atoms with Crippen molar-refractivity contribution >= 4 is 17.8 Å². The van der Waals surface area contributed by atoms with E-state index >= 15 is 0 Å². The Morgan fingerprint density at radius 2 is 2.64 bits per heavy atom. The molecule has 0 radical (unpaired) electrons. The molecule has 1 aliphatic heterocycles. The molecule has 0 saturated heterocycles. The minimum Gasteiger partial charge on any atom is -0.256 e. The molecule has 4 nitrogen and oxygen atoms in total. The molecule has 5 heteroatoms. The molecule has 0 aromatic rings. The van der Waals surface area contributed by atoms with Crippen LogP contribution in [0.4, 0.5) is 0 Å². The first-order valence-corrected chi connectivity index (χ1v) is 3.91. The number of nitrogens with one attached hydrogen (secondary N) is 2. The summed E-state index contributed by atoms with van der Waals surface area (Å²) in [5.74, 6) is 0. The summed E-state index contributed by atoms with van der Waals surface area (Å²) >= 11 is 5.67. The number of hydrazine groups is 2. The first kappa shape index (κ1) is 8.36. The SMILES string of the molecule is CCCNN1N=CC=C(Cl)N1. The fraction of sp³-hybridized carbons (Fsp3) is 0.500. The van der Waals surface area contributed by atoms with Gasteiger partial charge in [0.2, 0.25) is 0 Å². The summed E-state index contributed by atoms with van der Waals surface area (Å²) in [4.78, 5) is 0. The van der Waals surface area contributed by atoms with E-state index < -0.39 is 0 Å². The molecule has 0 saturated carbocycles. The van der Waals surface area contributed by atoms with Crippen molar-refractivity contribution in [2.24, 2.45) is 5.10 Å². The minimum absolute atomic E-state index is 0.559. The lowest BCUT2D eigenvalue weighted by molar-refractivity contribution is 0.143. The monoisotopic (exact) mass is 174 g/mol. The van der Waals surface area contributed by atoms with Crippen molar-refractivity contribution in [3.05, 3.63) is 11.2 Å². The van der Waals surface area contributed by atoms with Gasteiger partial charge in [0, 0.05) is 6.54 Å². The van der Waals surface area contributed by atoms with Crippen LogP contribution in [0.5, 0.6) is 0 Å². The molecular weight excluding hydrogens is 164 g/mol. The van der Waals surface area contributed by atoms with E-state index in [4.69, 9.17) is 11.6 Å². The molecule has 11 heavy (non-hydrogen) atoms. The lowest BCUT2D eigenvalue weighted by Crippen LogP contribution is -2.44. The lowest BCUT2D eigenvalue weighted by Gasteiger charge is -2.22. The number of hydrogen-bond donors (Lipinski definition) is 2. The fourth-order valence-corrected chi connectivity index (χ4v) is 0.767. The second-order valence-corrected chi connectivity index (χ2v) is 2.52. The van der Waals surface area contributed by atoms with E-state index in [1.165, 1.54) is 5.23 Å². The van der Waals surface area contributed by atoms with Crippen LogP contribution in [-0.2, 0) is 0 Å². The summed E-state index contributed by atoms with van der Waals surface area (Å²) in [5.41, 5.74) is 5.80. The van der Waals surface area contributed by atoms with E-state index in [0.717, 1.165) is 13.0 Å². The molecular formula is C6H11ClN4. The maximum atomic E-state index is 5.67. The number of allylic oxidation sites excluding steroid dienone is 1. The molecule has 0 aliphatic carbocycles. The van der Waals surface area contributed by atoms with E-state index in [1.54, 1.807) is 12.3 Å². The van der Waals surface area contributed by atoms with Crippen LogP contribution in [0, 0.1) is 0 Å². The Hall–Kier alpha value is -0.740. The van der Waals surface area contributed by atoms with E-state index in [0.29, 0.717) is 5.16 Å². The average Bonchev–Trinajstić information content (AvgIpc) is 2.01. The molecule has 0 unspecified atom stereocenters. The lowest BCUT2D eigenvalue weighted by atomic mass is 10.5. The summed E-state index contributed by atoms with van der Waals surface area (Å²) in [5, 5.41) is 5.99. The highest BCUT2D eigenvalue weighted by Gasteiger charge is 2.02. The van der Waals surface area contributed by atoms with Gasteiger partial charge in [-0.3, -0.25) is 5.43 Å². The highest BCUT2D eigenvalue weighted by molar-refractivity contribution is 6.30. The smallest absolute Gasteiger partial charge is 0.125 e. The van der Waals surface area contributed by atoms with Crippen LogP contribution in [0.3, 0.4) is 0 Å². The van der Waals surface area contributed by atoms with Crippen molar-refractivity contribution in [2.75, 3.05) is 6.54 Å². The predicted molar refractivity (Wildman–Crippen MR) is 45.7 cm³/mol. The van der Waals surface area contributed by atoms with Crippen molar-refractivity contribution in [1.29, 1.82) is 0 Å². The number of rotatable bonds is 3. The van der Waals surface area contributed by atoms with Crippen molar-refractivity contribution in [3.8, 4) is 0 Å². The zero-order chi connectivity index (χ0) is 8.10. The largest absolute Gasteiger partial charge is 0.256 e. The van der Waals surface area contributed by atoms with Gasteiger partial charge in [-0.1, -0.05) is 18.5 Å². The molecule has 0 bridgehead atoms. The van der Waals surface area contributed by atoms with Gasteiger partial charge in [-0.2, -0.15) is 5.43 Å². The van der Waals surface area contributed by atoms with Gasteiger partial charge in [-0.05, 0) is 12.5 Å². The molecule has 2 N–H and O–H groups in total. The molecule has 1 heterocycles. The van der Waals surface area contributed by atoms with Crippen LogP contribution in [0.15, 0.2) is 16.3 Å². The molecule has 0 aromatic heterocycles. The average molecular weight is 175 g/mol. The second-order valence-electron chi connectivity index (χ2n) is 2.11. The van der Waals surface area contributed by atoms with Crippen LogP contribution in [0.1, 0.15) is 13.3 Å². The van der Waals surface area contributed by atoms with E-state index in [-0.39, 0.29) is 0 Å². The van der Waals surface area contributed by atoms with Crippen molar-refractivity contribution < 1.29 is 0 Å². The molecule has 62 valence electrons. The van der Waals surface area contributed by atoms with Crippen molar-refractivity contribution in [3.63, 3.8) is 0 Å². The van der Waals surface area contributed by atoms with Gasteiger partial charge in [-0.15, -0.1) is 10.3 Å². The normalized spacial score (nSPS) is 16.2. The van der Waals surface area contributed by atoms with Crippen LogP contribution in [0.25, 0.3) is 0 Å². The summed E-state index contributed by atoms with van der Waals surface area (Å²) < 4.78 is 0. The maximum absolute atomic E-state index is 5.67. The van der Waals surface area contributed by atoms with Crippen LogP contribution in [0.2, 0.25) is 0 Å². The third-order valence-electron chi connectivity index (χ3n) is 1.13. The summed E-state index contributed by atoms with van der Waals surface area (Å²) in [6.45, 7) is 2.95. The first-order valence-electron chi connectivity index (χ1n) is 3.53. The zero-order valence-corrected chi connectivity index (χ0v) is 7.10.